The first-order valence-electron chi connectivity index (χ1n) is 5.94. The average Bonchev–Trinajstić information content (AvgIpc) is 2.67. The van der Waals surface area contributed by atoms with E-state index in [4.69, 9.17) is 2.98 Å². The van der Waals surface area contributed by atoms with Crippen molar-refractivity contribution in [2.24, 2.45) is 5.92 Å². The molecule has 0 bridgehead atoms. The van der Waals surface area contributed by atoms with Crippen molar-refractivity contribution in [1.29, 1.82) is 0 Å². The first-order chi connectivity index (χ1) is 8.00. The molecule has 1 heterocycles. The van der Waals surface area contributed by atoms with E-state index in [1.54, 1.807) is 23.0 Å². The molecule has 17 heavy (non-hydrogen) atoms. The van der Waals surface area contributed by atoms with Gasteiger partial charge in [-0.1, -0.05) is 19.8 Å². The van der Waals surface area contributed by atoms with Crippen LogP contribution >= 0.6 is 23.0 Å². The molecule has 0 aromatic heterocycles. The fraction of sp³-hybridized carbons (Fsp3) is 0.900. The lowest BCUT2D eigenvalue weighted by Gasteiger charge is -2.24. The molecule has 7 heteroatoms. The highest BCUT2D eigenvalue weighted by Gasteiger charge is 2.43. The van der Waals surface area contributed by atoms with Crippen molar-refractivity contribution >= 4 is 36.1 Å². The van der Waals surface area contributed by atoms with Crippen LogP contribution in [0.15, 0.2) is 0 Å². The summed E-state index contributed by atoms with van der Waals surface area (Å²) in [6.07, 6.45) is 3.40. The molecule has 1 aliphatic rings. The fourth-order valence-electron chi connectivity index (χ4n) is 2.36. The van der Waals surface area contributed by atoms with Gasteiger partial charge in [0.1, 0.15) is 5.54 Å². The zero-order chi connectivity index (χ0) is 12.9. The van der Waals surface area contributed by atoms with Gasteiger partial charge < -0.3 is 18.4 Å². The fourth-order valence-corrected chi connectivity index (χ4v) is 2.61. The van der Waals surface area contributed by atoms with E-state index in [-0.39, 0.29) is 0 Å². The first-order valence-corrected chi connectivity index (χ1v) is 6.82. The molecule has 1 fully saturated rings. The summed E-state index contributed by atoms with van der Waals surface area (Å²) in [6.45, 7) is 2.83. The molecular formula is C10H19BINO4. The van der Waals surface area contributed by atoms with Gasteiger partial charge in [0.15, 0.2) is 0 Å². The maximum atomic E-state index is 11.3. The minimum Gasteiger partial charge on any atom is -0.480 e. The van der Waals surface area contributed by atoms with Crippen LogP contribution in [0.1, 0.15) is 32.6 Å². The number of carboxylic acids is 1. The highest BCUT2D eigenvalue weighted by molar-refractivity contribution is 14.1. The number of unbranched alkanes of at least 4 members (excludes halogenated alkanes) is 1. The largest absolute Gasteiger partial charge is 0.480 e. The molecule has 0 spiro atoms. The molecular weight excluding hydrogens is 336 g/mol. The van der Waals surface area contributed by atoms with Crippen LogP contribution in [0, 0.1) is 5.92 Å². The summed E-state index contributed by atoms with van der Waals surface area (Å²) >= 11 is 1.66. The predicted molar refractivity (Wildman–Crippen MR) is 73.9 cm³/mol. The van der Waals surface area contributed by atoms with E-state index >= 15 is 0 Å². The van der Waals surface area contributed by atoms with Gasteiger partial charge in [-0.3, -0.25) is 4.79 Å². The Labute approximate surface area is 116 Å². The SMILES string of the molecule is CC1CNC(CCCCB(O)OI)(C(=O)O)C1. The van der Waals surface area contributed by atoms with E-state index in [2.05, 4.69) is 12.2 Å². The second-order valence-electron chi connectivity index (χ2n) is 4.87. The third kappa shape index (κ3) is 4.38. The molecule has 0 amide bonds. The van der Waals surface area contributed by atoms with E-state index in [1.165, 1.54) is 0 Å². The number of hydrogen-bond donors (Lipinski definition) is 3. The molecule has 5 nitrogen and oxygen atoms in total. The number of hydrogen-bond acceptors (Lipinski definition) is 4. The van der Waals surface area contributed by atoms with Crippen molar-refractivity contribution < 1.29 is 17.9 Å². The predicted octanol–water partition coefficient (Wildman–Crippen LogP) is 1.46. The van der Waals surface area contributed by atoms with Gasteiger partial charge in [0.2, 0.25) is 0 Å². The summed E-state index contributed by atoms with van der Waals surface area (Å²) < 4.78 is 4.71. The Hall–Kier alpha value is 0.145. The Balaban J connectivity index is 2.34. The van der Waals surface area contributed by atoms with Crippen LogP contribution in [0.25, 0.3) is 0 Å². The van der Waals surface area contributed by atoms with Gasteiger partial charge in [-0.05, 0) is 31.6 Å². The highest BCUT2D eigenvalue weighted by Crippen LogP contribution is 2.29. The molecule has 0 aromatic rings. The maximum absolute atomic E-state index is 11.3. The number of aliphatic carboxylic acids is 1. The van der Waals surface area contributed by atoms with Gasteiger partial charge in [0.25, 0.3) is 0 Å². The Bertz CT molecular complexity index is 269. The highest BCUT2D eigenvalue weighted by atomic mass is 127. The summed E-state index contributed by atoms with van der Waals surface area (Å²) in [5.41, 5.74) is -0.754. The smallest absolute Gasteiger partial charge is 0.463 e. The Morgan fingerprint density at radius 2 is 2.35 bits per heavy atom. The molecule has 1 aliphatic heterocycles. The number of nitrogens with one attached hydrogen (secondary N) is 1. The summed E-state index contributed by atoms with van der Waals surface area (Å²) in [5.74, 6) is -0.345. The first kappa shape index (κ1) is 15.2. The van der Waals surface area contributed by atoms with Crippen molar-refractivity contribution in [2.75, 3.05) is 6.54 Å². The third-order valence-electron chi connectivity index (χ3n) is 3.30. The molecule has 98 valence electrons. The normalized spacial score (nSPS) is 28.3. The van der Waals surface area contributed by atoms with Gasteiger partial charge in [0, 0.05) is 0 Å². The lowest BCUT2D eigenvalue weighted by molar-refractivity contribution is -0.144. The van der Waals surface area contributed by atoms with Crippen LogP contribution in [-0.2, 0) is 7.78 Å². The molecule has 0 aromatic carbocycles. The number of carbonyl (C=O) groups is 1. The number of halogens is 1. The van der Waals surface area contributed by atoms with Crippen molar-refractivity contribution in [2.45, 2.75) is 44.5 Å². The Kier molecular flexibility index (Phi) is 6.18. The summed E-state index contributed by atoms with van der Waals surface area (Å²) in [7, 11) is -0.744. The lowest BCUT2D eigenvalue weighted by Crippen LogP contribution is -2.47. The van der Waals surface area contributed by atoms with Crippen LogP contribution < -0.4 is 5.32 Å². The standard InChI is InChI=1S/C10H19BINO4/c1-8-6-10(9(14)15,13-7-8)4-2-3-5-11(16)17-12/h8,13,16H,2-7H2,1H3,(H,14,15). The van der Waals surface area contributed by atoms with Gasteiger partial charge in [-0.25, -0.2) is 0 Å². The van der Waals surface area contributed by atoms with Crippen LogP contribution in [0.2, 0.25) is 6.32 Å². The molecule has 0 aliphatic carbocycles. The summed E-state index contributed by atoms with van der Waals surface area (Å²) in [4.78, 5) is 11.3. The monoisotopic (exact) mass is 355 g/mol. The molecule has 0 saturated carbocycles. The van der Waals surface area contributed by atoms with Crippen LogP contribution in [0.5, 0.6) is 0 Å². The zero-order valence-electron chi connectivity index (χ0n) is 9.99. The van der Waals surface area contributed by atoms with Crippen molar-refractivity contribution in [3.05, 3.63) is 0 Å². The second kappa shape index (κ2) is 6.91. The third-order valence-corrected chi connectivity index (χ3v) is 3.89. The van der Waals surface area contributed by atoms with Gasteiger partial charge in [-0.2, -0.15) is 0 Å². The van der Waals surface area contributed by atoms with E-state index in [0.29, 0.717) is 25.1 Å². The summed E-state index contributed by atoms with van der Waals surface area (Å²) in [5, 5.41) is 21.6. The van der Waals surface area contributed by atoms with Crippen molar-refractivity contribution in [1.82, 2.24) is 5.32 Å². The lowest BCUT2D eigenvalue weighted by atomic mass is 9.81. The van der Waals surface area contributed by atoms with E-state index in [0.717, 1.165) is 19.4 Å². The molecule has 2 unspecified atom stereocenters. The van der Waals surface area contributed by atoms with Gasteiger partial charge in [-0.15, -0.1) is 0 Å². The molecule has 2 atom stereocenters. The van der Waals surface area contributed by atoms with Crippen molar-refractivity contribution in [3.8, 4) is 0 Å². The van der Waals surface area contributed by atoms with Crippen LogP contribution in [0.4, 0.5) is 0 Å². The number of rotatable bonds is 7. The Morgan fingerprint density at radius 1 is 1.65 bits per heavy atom. The molecule has 1 saturated heterocycles. The van der Waals surface area contributed by atoms with Crippen LogP contribution in [0.3, 0.4) is 0 Å². The second-order valence-corrected chi connectivity index (χ2v) is 5.38. The van der Waals surface area contributed by atoms with Crippen LogP contribution in [-0.4, -0.2) is 35.3 Å². The number of carboxylic acid groups (broad SMARTS) is 1. The molecule has 1 rings (SSSR count). The Morgan fingerprint density at radius 3 is 2.82 bits per heavy atom. The van der Waals surface area contributed by atoms with Crippen molar-refractivity contribution in [3.63, 3.8) is 0 Å². The van der Waals surface area contributed by atoms with E-state index in [9.17, 15) is 14.9 Å². The van der Waals surface area contributed by atoms with E-state index in [1.807, 2.05) is 0 Å². The van der Waals surface area contributed by atoms with E-state index < -0.39 is 18.6 Å². The summed E-state index contributed by atoms with van der Waals surface area (Å²) in [6, 6.07) is 0. The quantitative estimate of drug-likeness (QED) is 0.366. The topological polar surface area (TPSA) is 78.8 Å². The van der Waals surface area contributed by atoms with Gasteiger partial charge in [0.05, 0.1) is 23.0 Å². The maximum Gasteiger partial charge on any atom is 0.463 e. The molecule has 3 N–H and O–H groups in total. The zero-order valence-corrected chi connectivity index (χ0v) is 12.1. The minimum atomic E-state index is -0.757. The van der Waals surface area contributed by atoms with Gasteiger partial charge >= 0.3 is 13.1 Å². The molecule has 0 radical (unpaired) electrons. The average molecular weight is 355 g/mol. The minimum absolute atomic E-state index is 0.411.